The van der Waals surface area contributed by atoms with Gasteiger partial charge in [0.25, 0.3) is 4.99 Å². The molecule has 0 saturated heterocycles. The molecule has 0 saturated carbocycles. The minimum absolute atomic E-state index is 0.0865. The molecule has 0 fully saturated rings. The van der Waals surface area contributed by atoms with Gasteiger partial charge in [0.2, 0.25) is 0 Å². The van der Waals surface area contributed by atoms with Crippen molar-refractivity contribution in [2.75, 3.05) is 6.61 Å². The van der Waals surface area contributed by atoms with Crippen LogP contribution in [0.2, 0.25) is 0 Å². The number of hydrogen-bond acceptors (Lipinski definition) is 5. The smallest absolute Gasteiger partial charge is 0.400 e. The number of hydrogen-bond donors (Lipinski definition) is 1. The lowest BCUT2D eigenvalue weighted by atomic mass is 9.97. The summed E-state index contributed by atoms with van der Waals surface area (Å²) >= 11 is 0.774. The number of nitrogens with two attached hydrogens (primary N) is 1. The highest BCUT2D eigenvalue weighted by Gasteiger charge is 2.51. The second-order valence-corrected chi connectivity index (χ2v) is 5.22. The van der Waals surface area contributed by atoms with Gasteiger partial charge in [-0.15, -0.1) is 0 Å². The molecule has 0 aromatic heterocycles. The van der Waals surface area contributed by atoms with E-state index in [0.717, 1.165) is 17.8 Å². The molecule has 8 heteroatoms. The van der Waals surface area contributed by atoms with E-state index in [-0.39, 0.29) is 17.2 Å². The van der Waals surface area contributed by atoms with E-state index in [4.69, 9.17) is 10.5 Å². The SMILES string of the molecule is CCOC(=O)C1(N)N=C2C(=CC=CC2C(F)(F)F)S1. The lowest BCUT2D eigenvalue weighted by molar-refractivity contribution is -0.147. The van der Waals surface area contributed by atoms with Crippen LogP contribution in [0.1, 0.15) is 6.92 Å². The first-order valence-electron chi connectivity index (χ1n) is 5.48. The Kier molecular flexibility index (Phi) is 3.48. The monoisotopic (exact) mass is 292 g/mol. The maximum atomic E-state index is 12.9. The molecule has 0 spiro atoms. The van der Waals surface area contributed by atoms with Crippen molar-refractivity contribution >= 4 is 23.4 Å². The Bertz CT molecular complexity index is 499. The molecule has 2 atom stereocenters. The Morgan fingerprint density at radius 1 is 1.63 bits per heavy atom. The first-order chi connectivity index (χ1) is 8.78. The van der Waals surface area contributed by atoms with Crippen molar-refractivity contribution in [1.82, 2.24) is 0 Å². The van der Waals surface area contributed by atoms with Crippen molar-refractivity contribution in [1.29, 1.82) is 0 Å². The third-order valence-electron chi connectivity index (χ3n) is 2.57. The Morgan fingerprint density at radius 3 is 2.89 bits per heavy atom. The summed E-state index contributed by atoms with van der Waals surface area (Å²) in [5, 5.41) is 0. The second kappa shape index (κ2) is 4.68. The van der Waals surface area contributed by atoms with E-state index in [2.05, 4.69) is 4.99 Å². The normalized spacial score (nSPS) is 29.6. The second-order valence-electron chi connectivity index (χ2n) is 3.95. The van der Waals surface area contributed by atoms with Gasteiger partial charge in [0.15, 0.2) is 0 Å². The summed E-state index contributed by atoms with van der Waals surface area (Å²) in [5.41, 5.74) is 5.49. The number of carbonyl (C=O) groups excluding carboxylic acids is 1. The fraction of sp³-hybridized carbons (Fsp3) is 0.455. The van der Waals surface area contributed by atoms with Crippen molar-refractivity contribution in [2.45, 2.75) is 18.1 Å². The van der Waals surface area contributed by atoms with Crippen LogP contribution in [0.5, 0.6) is 0 Å². The van der Waals surface area contributed by atoms with Gasteiger partial charge in [-0.25, -0.2) is 9.79 Å². The highest BCUT2D eigenvalue weighted by atomic mass is 32.2. The molecular weight excluding hydrogens is 281 g/mol. The Labute approximate surface area is 111 Å². The van der Waals surface area contributed by atoms with Gasteiger partial charge in [0.05, 0.1) is 12.3 Å². The van der Waals surface area contributed by atoms with Crippen molar-refractivity contribution < 1.29 is 22.7 Å². The van der Waals surface area contributed by atoms with E-state index in [1.807, 2.05) is 0 Å². The van der Waals surface area contributed by atoms with Gasteiger partial charge in [-0.3, -0.25) is 5.73 Å². The van der Waals surface area contributed by atoms with E-state index in [0.29, 0.717) is 0 Å². The number of rotatable bonds is 2. The van der Waals surface area contributed by atoms with Crippen LogP contribution in [0, 0.1) is 5.92 Å². The first-order valence-corrected chi connectivity index (χ1v) is 6.30. The van der Waals surface area contributed by atoms with Gasteiger partial charge >= 0.3 is 12.1 Å². The molecule has 1 aliphatic heterocycles. The van der Waals surface area contributed by atoms with Crippen molar-refractivity contribution in [2.24, 2.45) is 16.6 Å². The van der Waals surface area contributed by atoms with E-state index >= 15 is 0 Å². The molecule has 1 aliphatic carbocycles. The quantitative estimate of drug-likeness (QED) is 0.790. The molecule has 0 aromatic rings. The van der Waals surface area contributed by atoms with Crippen LogP contribution < -0.4 is 5.73 Å². The number of esters is 1. The summed E-state index contributed by atoms with van der Waals surface area (Å²) in [6.07, 6.45) is -0.731. The number of carbonyl (C=O) groups is 1. The van der Waals surface area contributed by atoms with Crippen LogP contribution in [-0.4, -0.2) is 29.5 Å². The lowest BCUT2D eigenvalue weighted by Gasteiger charge is -2.19. The standard InChI is InChI=1S/C11H11F3N2O2S/c1-2-18-9(17)11(15)16-8-6(10(12,13)14)4-3-5-7(8)19-11/h3-6H,2,15H2,1H3. The van der Waals surface area contributed by atoms with E-state index in [9.17, 15) is 18.0 Å². The van der Waals surface area contributed by atoms with Crippen LogP contribution in [-0.2, 0) is 9.53 Å². The van der Waals surface area contributed by atoms with Crippen LogP contribution in [0.15, 0.2) is 28.1 Å². The maximum absolute atomic E-state index is 12.9. The predicted molar refractivity (Wildman–Crippen MR) is 65.3 cm³/mol. The number of halogens is 3. The van der Waals surface area contributed by atoms with Crippen LogP contribution in [0.25, 0.3) is 0 Å². The molecular formula is C11H11F3N2O2S. The molecule has 2 aliphatic rings. The number of fused-ring (bicyclic) bond motifs is 1. The van der Waals surface area contributed by atoms with E-state index in [1.165, 1.54) is 12.2 Å². The molecule has 19 heavy (non-hydrogen) atoms. The molecule has 1 heterocycles. The number of aliphatic imine (C=N–C) groups is 1. The third-order valence-corrected chi connectivity index (χ3v) is 3.71. The lowest BCUT2D eigenvalue weighted by Crippen LogP contribution is -2.42. The van der Waals surface area contributed by atoms with Gasteiger partial charge in [-0.1, -0.05) is 23.9 Å². The molecule has 0 amide bonds. The Hall–Kier alpha value is -1.28. The van der Waals surface area contributed by atoms with Gasteiger partial charge in [-0.05, 0) is 13.0 Å². The third kappa shape index (κ3) is 2.55. The fourth-order valence-corrected chi connectivity index (χ4v) is 2.80. The average molecular weight is 292 g/mol. The number of thioether (sulfide) groups is 1. The highest BCUT2D eigenvalue weighted by Crippen LogP contribution is 2.45. The van der Waals surface area contributed by atoms with Gasteiger partial charge in [0, 0.05) is 4.91 Å². The van der Waals surface area contributed by atoms with Crippen molar-refractivity contribution in [3.63, 3.8) is 0 Å². The molecule has 0 aromatic carbocycles. The zero-order chi connectivity index (χ0) is 14.3. The van der Waals surface area contributed by atoms with E-state index in [1.54, 1.807) is 6.92 Å². The van der Waals surface area contributed by atoms with Crippen LogP contribution >= 0.6 is 11.8 Å². The maximum Gasteiger partial charge on any atom is 0.400 e. The molecule has 2 unspecified atom stereocenters. The number of alkyl halides is 3. The van der Waals surface area contributed by atoms with Crippen LogP contribution in [0.4, 0.5) is 13.2 Å². The summed E-state index contributed by atoms with van der Waals surface area (Å²) in [7, 11) is 0. The molecule has 0 radical (unpaired) electrons. The summed E-state index contributed by atoms with van der Waals surface area (Å²) < 4.78 is 43.3. The number of nitrogens with zero attached hydrogens (tertiary/aromatic N) is 1. The summed E-state index contributed by atoms with van der Waals surface area (Å²) in [6.45, 7) is 1.67. The summed E-state index contributed by atoms with van der Waals surface area (Å²) in [6, 6.07) is 0. The minimum atomic E-state index is -4.46. The molecule has 104 valence electrons. The Balaban J connectivity index is 2.34. The molecule has 2 N–H and O–H groups in total. The molecule has 2 rings (SSSR count). The first kappa shape index (κ1) is 14.1. The van der Waals surface area contributed by atoms with Crippen molar-refractivity contribution in [3.8, 4) is 0 Å². The van der Waals surface area contributed by atoms with Gasteiger partial charge < -0.3 is 4.74 Å². The topological polar surface area (TPSA) is 64.7 Å². The van der Waals surface area contributed by atoms with Gasteiger partial charge in [0.1, 0.15) is 5.92 Å². The Morgan fingerprint density at radius 2 is 2.32 bits per heavy atom. The number of ether oxygens (including phenoxy) is 1. The van der Waals surface area contributed by atoms with Crippen LogP contribution in [0.3, 0.4) is 0 Å². The van der Waals surface area contributed by atoms with E-state index < -0.39 is 23.1 Å². The predicted octanol–water partition coefficient (Wildman–Crippen LogP) is 1.98. The summed E-state index contributed by atoms with van der Waals surface area (Å²) in [5.74, 6) is -2.68. The average Bonchev–Trinajstić information content (AvgIpc) is 2.65. The zero-order valence-corrected chi connectivity index (χ0v) is 10.7. The highest BCUT2D eigenvalue weighted by molar-refractivity contribution is 8.06. The fourth-order valence-electron chi connectivity index (χ4n) is 1.75. The minimum Gasteiger partial charge on any atom is -0.462 e. The summed E-state index contributed by atoms with van der Waals surface area (Å²) in [4.78, 5) is 13.8. The van der Waals surface area contributed by atoms with Gasteiger partial charge in [-0.2, -0.15) is 13.2 Å². The largest absolute Gasteiger partial charge is 0.462 e. The molecule has 4 nitrogen and oxygen atoms in total. The zero-order valence-electron chi connectivity index (χ0n) is 9.90. The van der Waals surface area contributed by atoms with Crippen molar-refractivity contribution in [3.05, 3.63) is 23.1 Å². The molecule has 0 bridgehead atoms. The number of allylic oxidation sites excluding steroid dienone is 4.